The van der Waals surface area contributed by atoms with Crippen LogP contribution in [0.4, 0.5) is 11.4 Å². The van der Waals surface area contributed by atoms with Gasteiger partial charge in [-0.2, -0.15) is 0 Å². The molecule has 1 aliphatic rings. The molecular formula is C21H25N3O4. The topological polar surface area (TPSA) is 91.5 Å². The number of hydrogen-bond donors (Lipinski definition) is 2. The Morgan fingerprint density at radius 1 is 1.29 bits per heavy atom. The molecule has 0 bridgehead atoms. The number of aromatic nitrogens is 1. The van der Waals surface area contributed by atoms with Crippen LogP contribution in [0.2, 0.25) is 0 Å². The fourth-order valence-corrected chi connectivity index (χ4v) is 3.55. The van der Waals surface area contributed by atoms with Gasteiger partial charge in [-0.1, -0.05) is 13.0 Å². The van der Waals surface area contributed by atoms with Crippen molar-refractivity contribution in [2.75, 3.05) is 23.9 Å². The number of hydrogen-bond acceptors (Lipinski definition) is 4. The van der Waals surface area contributed by atoms with Crippen molar-refractivity contribution < 1.29 is 19.1 Å². The highest BCUT2D eigenvalue weighted by Gasteiger charge is 2.24. The standard InChI is InChI=1S/C21H25N3O4/c1-4-16-18(21(27)28-3)13(2)19(23-16)20(26)22-14-8-7-9-15(12-14)24-11-6-5-10-17(24)25/h7-9,12,23H,4-6,10-11H2,1-3H3,(H,22,26). The summed E-state index contributed by atoms with van der Waals surface area (Å²) < 4.78 is 4.84. The summed E-state index contributed by atoms with van der Waals surface area (Å²) in [6.07, 6.45) is 3.01. The maximum Gasteiger partial charge on any atom is 0.339 e. The van der Waals surface area contributed by atoms with Crippen LogP contribution in [-0.4, -0.2) is 36.4 Å². The van der Waals surface area contributed by atoms with Crippen LogP contribution in [0.25, 0.3) is 0 Å². The molecule has 0 aliphatic carbocycles. The summed E-state index contributed by atoms with van der Waals surface area (Å²) in [7, 11) is 1.32. The maximum absolute atomic E-state index is 12.8. The van der Waals surface area contributed by atoms with Gasteiger partial charge in [-0.3, -0.25) is 9.59 Å². The number of H-pyrrole nitrogens is 1. The molecule has 0 spiro atoms. The average molecular weight is 383 g/mol. The van der Waals surface area contributed by atoms with E-state index in [9.17, 15) is 14.4 Å². The second-order valence-electron chi connectivity index (χ2n) is 6.83. The summed E-state index contributed by atoms with van der Waals surface area (Å²) in [5.41, 5.74) is 3.33. The predicted molar refractivity (Wildman–Crippen MR) is 107 cm³/mol. The summed E-state index contributed by atoms with van der Waals surface area (Å²) in [5.74, 6) is -0.704. The first-order valence-electron chi connectivity index (χ1n) is 9.47. The first-order valence-corrected chi connectivity index (χ1v) is 9.47. The zero-order chi connectivity index (χ0) is 20.3. The lowest BCUT2D eigenvalue weighted by atomic mass is 10.1. The molecule has 1 aliphatic heterocycles. The molecule has 3 rings (SSSR count). The van der Waals surface area contributed by atoms with E-state index in [0.29, 0.717) is 47.6 Å². The number of carbonyl (C=O) groups excluding carboxylic acids is 3. The van der Waals surface area contributed by atoms with Gasteiger partial charge in [0.2, 0.25) is 5.91 Å². The number of amides is 2. The van der Waals surface area contributed by atoms with Crippen LogP contribution in [0, 0.1) is 6.92 Å². The van der Waals surface area contributed by atoms with Crippen LogP contribution in [0.15, 0.2) is 24.3 Å². The largest absolute Gasteiger partial charge is 0.465 e. The van der Waals surface area contributed by atoms with E-state index in [2.05, 4.69) is 10.3 Å². The van der Waals surface area contributed by atoms with E-state index >= 15 is 0 Å². The molecule has 2 heterocycles. The lowest BCUT2D eigenvalue weighted by Gasteiger charge is -2.27. The minimum absolute atomic E-state index is 0.102. The van der Waals surface area contributed by atoms with E-state index in [0.717, 1.165) is 18.5 Å². The molecule has 148 valence electrons. The number of benzene rings is 1. The van der Waals surface area contributed by atoms with Gasteiger partial charge in [-0.25, -0.2) is 4.79 Å². The van der Waals surface area contributed by atoms with Crippen molar-refractivity contribution in [2.45, 2.75) is 39.5 Å². The molecule has 0 unspecified atom stereocenters. The average Bonchev–Trinajstić information content (AvgIpc) is 3.04. The Hall–Kier alpha value is -3.09. The number of piperidine rings is 1. The fraction of sp³-hybridized carbons (Fsp3) is 0.381. The normalized spacial score (nSPS) is 14.1. The number of anilines is 2. The van der Waals surface area contributed by atoms with Crippen LogP contribution in [0.1, 0.15) is 58.3 Å². The van der Waals surface area contributed by atoms with E-state index in [1.807, 2.05) is 19.1 Å². The number of aromatic amines is 1. The lowest BCUT2D eigenvalue weighted by molar-refractivity contribution is -0.119. The van der Waals surface area contributed by atoms with Crippen molar-refractivity contribution in [3.8, 4) is 0 Å². The van der Waals surface area contributed by atoms with Crippen molar-refractivity contribution in [3.05, 3.63) is 46.8 Å². The highest BCUT2D eigenvalue weighted by atomic mass is 16.5. The molecule has 0 atom stereocenters. The summed E-state index contributed by atoms with van der Waals surface area (Å²) in [6.45, 7) is 4.31. The van der Waals surface area contributed by atoms with Crippen LogP contribution in [0.3, 0.4) is 0 Å². The van der Waals surface area contributed by atoms with Gasteiger partial charge >= 0.3 is 5.97 Å². The van der Waals surface area contributed by atoms with Crippen LogP contribution in [0.5, 0.6) is 0 Å². The van der Waals surface area contributed by atoms with Crippen LogP contribution < -0.4 is 10.2 Å². The van der Waals surface area contributed by atoms with Gasteiger partial charge in [0.15, 0.2) is 0 Å². The predicted octanol–water partition coefficient (Wildman–Crippen LogP) is 3.44. The molecule has 7 heteroatoms. The van der Waals surface area contributed by atoms with Crippen molar-refractivity contribution >= 4 is 29.2 Å². The third-order valence-electron chi connectivity index (χ3n) is 5.04. The highest BCUT2D eigenvalue weighted by Crippen LogP contribution is 2.25. The molecule has 0 radical (unpaired) electrons. The summed E-state index contributed by atoms with van der Waals surface area (Å²) in [4.78, 5) is 41.8. The Balaban J connectivity index is 1.84. The number of rotatable bonds is 5. The Kier molecular flexibility index (Phi) is 5.82. The number of nitrogens with one attached hydrogen (secondary N) is 2. The minimum Gasteiger partial charge on any atom is -0.465 e. The molecule has 1 aromatic heterocycles. The van der Waals surface area contributed by atoms with Gasteiger partial charge < -0.3 is 19.9 Å². The zero-order valence-corrected chi connectivity index (χ0v) is 16.4. The quantitative estimate of drug-likeness (QED) is 0.774. The Labute approximate surface area is 164 Å². The van der Waals surface area contributed by atoms with E-state index in [1.165, 1.54) is 7.11 Å². The molecule has 1 aromatic carbocycles. The second-order valence-corrected chi connectivity index (χ2v) is 6.83. The first-order chi connectivity index (χ1) is 13.5. The summed E-state index contributed by atoms with van der Waals surface area (Å²) in [5, 5.41) is 2.85. The van der Waals surface area contributed by atoms with Gasteiger partial charge in [0.25, 0.3) is 5.91 Å². The monoisotopic (exact) mass is 383 g/mol. The van der Waals surface area contributed by atoms with Crippen LogP contribution in [-0.2, 0) is 16.0 Å². The van der Waals surface area contributed by atoms with E-state index < -0.39 is 5.97 Å². The van der Waals surface area contributed by atoms with E-state index in [-0.39, 0.29) is 11.8 Å². The molecule has 7 nitrogen and oxygen atoms in total. The first kappa shape index (κ1) is 19.7. The van der Waals surface area contributed by atoms with Crippen molar-refractivity contribution in [2.24, 2.45) is 0 Å². The number of ether oxygens (including phenoxy) is 1. The highest BCUT2D eigenvalue weighted by molar-refractivity contribution is 6.07. The number of methoxy groups -OCH3 is 1. The molecular weight excluding hydrogens is 358 g/mol. The lowest BCUT2D eigenvalue weighted by Crippen LogP contribution is -2.35. The molecule has 1 saturated heterocycles. The molecule has 1 fully saturated rings. The third kappa shape index (κ3) is 3.78. The van der Waals surface area contributed by atoms with Gasteiger partial charge in [0, 0.05) is 30.0 Å². The molecule has 2 aromatic rings. The molecule has 28 heavy (non-hydrogen) atoms. The number of esters is 1. The second kappa shape index (κ2) is 8.29. The fourth-order valence-electron chi connectivity index (χ4n) is 3.55. The summed E-state index contributed by atoms with van der Waals surface area (Å²) >= 11 is 0. The summed E-state index contributed by atoms with van der Waals surface area (Å²) in [6, 6.07) is 7.24. The van der Waals surface area contributed by atoms with Gasteiger partial charge in [0.1, 0.15) is 5.69 Å². The van der Waals surface area contributed by atoms with Crippen LogP contribution >= 0.6 is 0 Å². The molecule has 2 N–H and O–H groups in total. The Bertz CT molecular complexity index is 916. The van der Waals surface area contributed by atoms with E-state index in [4.69, 9.17) is 4.74 Å². The smallest absolute Gasteiger partial charge is 0.339 e. The van der Waals surface area contributed by atoms with Crippen molar-refractivity contribution in [1.29, 1.82) is 0 Å². The maximum atomic E-state index is 12.8. The van der Waals surface area contributed by atoms with Crippen molar-refractivity contribution in [1.82, 2.24) is 4.98 Å². The Morgan fingerprint density at radius 2 is 2.07 bits per heavy atom. The Morgan fingerprint density at radius 3 is 2.75 bits per heavy atom. The number of nitrogens with zero attached hydrogens (tertiary/aromatic N) is 1. The number of aryl methyl sites for hydroxylation is 1. The molecule has 2 amide bonds. The minimum atomic E-state index is -0.463. The third-order valence-corrected chi connectivity index (χ3v) is 5.04. The number of carbonyl (C=O) groups is 3. The SMILES string of the molecule is CCc1[nH]c(C(=O)Nc2cccc(N3CCCCC3=O)c2)c(C)c1C(=O)OC. The molecule has 0 saturated carbocycles. The van der Waals surface area contributed by atoms with Crippen molar-refractivity contribution in [3.63, 3.8) is 0 Å². The zero-order valence-electron chi connectivity index (χ0n) is 16.4. The van der Waals surface area contributed by atoms with E-state index in [1.54, 1.807) is 24.0 Å². The van der Waals surface area contributed by atoms with Gasteiger partial charge in [-0.05, 0) is 49.9 Å². The van der Waals surface area contributed by atoms with Gasteiger partial charge in [-0.15, -0.1) is 0 Å². The van der Waals surface area contributed by atoms with Gasteiger partial charge in [0.05, 0.1) is 12.7 Å².